The van der Waals surface area contributed by atoms with Crippen LogP contribution in [0.1, 0.15) is 32.3 Å². The predicted molar refractivity (Wildman–Crippen MR) is 79.7 cm³/mol. The summed E-state index contributed by atoms with van der Waals surface area (Å²) in [4.78, 5) is 0. The van der Waals surface area contributed by atoms with Crippen LogP contribution in [-0.2, 0) is 6.54 Å². The first-order valence-electron chi connectivity index (χ1n) is 7.05. The highest BCUT2D eigenvalue weighted by atomic mass is 16.5. The summed E-state index contributed by atoms with van der Waals surface area (Å²) < 4.78 is 16.1. The normalized spacial score (nSPS) is 15.1. The van der Waals surface area contributed by atoms with Crippen LogP contribution in [0.15, 0.2) is 12.1 Å². The van der Waals surface area contributed by atoms with Gasteiger partial charge in [-0.25, -0.2) is 0 Å². The molecular weight excluding hydrogens is 254 g/mol. The molecule has 2 rings (SSSR count). The highest BCUT2D eigenvalue weighted by Crippen LogP contribution is 2.40. The third-order valence-corrected chi connectivity index (χ3v) is 4.07. The second-order valence-corrected chi connectivity index (χ2v) is 5.88. The molecule has 20 heavy (non-hydrogen) atoms. The van der Waals surface area contributed by atoms with Crippen molar-refractivity contribution in [2.24, 2.45) is 5.92 Å². The van der Waals surface area contributed by atoms with E-state index in [1.54, 1.807) is 21.3 Å². The minimum Gasteiger partial charge on any atom is -0.493 e. The lowest BCUT2D eigenvalue weighted by molar-refractivity contribution is 0.320. The molecule has 4 nitrogen and oxygen atoms in total. The van der Waals surface area contributed by atoms with E-state index >= 15 is 0 Å². The molecule has 0 bridgehead atoms. The van der Waals surface area contributed by atoms with E-state index in [4.69, 9.17) is 14.2 Å². The zero-order valence-corrected chi connectivity index (χ0v) is 13.1. The fourth-order valence-corrected chi connectivity index (χ4v) is 2.52. The number of ether oxygens (including phenoxy) is 3. The molecule has 1 aromatic carbocycles. The van der Waals surface area contributed by atoms with Gasteiger partial charge in [-0.1, -0.05) is 0 Å². The molecule has 0 aromatic heterocycles. The quantitative estimate of drug-likeness (QED) is 0.833. The summed E-state index contributed by atoms with van der Waals surface area (Å²) in [6, 6.07) is 3.99. The van der Waals surface area contributed by atoms with E-state index in [0.717, 1.165) is 18.0 Å². The molecule has 0 unspecified atom stereocenters. The highest BCUT2D eigenvalue weighted by molar-refractivity contribution is 5.53. The average molecular weight is 279 g/mol. The van der Waals surface area contributed by atoms with Crippen LogP contribution in [0.2, 0.25) is 0 Å². The SMILES string of the molecule is COc1cc(CNC(C)(C)C2CC2)cc(OC)c1OC. The first-order chi connectivity index (χ1) is 9.51. The molecular formula is C16H25NO3. The fourth-order valence-electron chi connectivity index (χ4n) is 2.52. The molecule has 0 saturated heterocycles. The topological polar surface area (TPSA) is 39.7 Å². The van der Waals surface area contributed by atoms with Gasteiger partial charge in [0, 0.05) is 12.1 Å². The molecule has 1 aliphatic rings. The van der Waals surface area contributed by atoms with Crippen molar-refractivity contribution in [2.45, 2.75) is 38.8 Å². The van der Waals surface area contributed by atoms with E-state index < -0.39 is 0 Å². The molecule has 0 radical (unpaired) electrons. The van der Waals surface area contributed by atoms with Gasteiger partial charge in [0.05, 0.1) is 21.3 Å². The molecule has 1 saturated carbocycles. The third-order valence-electron chi connectivity index (χ3n) is 4.07. The lowest BCUT2D eigenvalue weighted by Gasteiger charge is -2.26. The van der Waals surface area contributed by atoms with Crippen molar-refractivity contribution >= 4 is 0 Å². The summed E-state index contributed by atoms with van der Waals surface area (Å²) in [7, 11) is 4.90. The van der Waals surface area contributed by atoms with Crippen LogP contribution in [0.25, 0.3) is 0 Å². The van der Waals surface area contributed by atoms with Gasteiger partial charge in [-0.15, -0.1) is 0 Å². The molecule has 1 aliphatic carbocycles. The number of benzene rings is 1. The van der Waals surface area contributed by atoms with Crippen molar-refractivity contribution in [1.29, 1.82) is 0 Å². The van der Waals surface area contributed by atoms with Gasteiger partial charge >= 0.3 is 0 Å². The maximum absolute atomic E-state index is 5.38. The second kappa shape index (κ2) is 5.92. The molecule has 4 heteroatoms. The molecule has 0 amide bonds. The molecule has 1 fully saturated rings. The van der Waals surface area contributed by atoms with E-state index in [0.29, 0.717) is 17.2 Å². The number of hydrogen-bond acceptors (Lipinski definition) is 4. The van der Waals surface area contributed by atoms with Crippen molar-refractivity contribution in [3.8, 4) is 17.2 Å². The van der Waals surface area contributed by atoms with Crippen LogP contribution in [0.4, 0.5) is 0 Å². The summed E-state index contributed by atoms with van der Waals surface area (Å²) in [5.74, 6) is 2.84. The second-order valence-electron chi connectivity index (χ2n) is 5.88. The largest absolute Gasteiger partial charge is 0.493 e. The zero-order chi connectivity index (χ0) is 14.8. The fraction of sp³-hybridized carbons (Fsp3) is 0.625. The number of nitrogens with one attached hydrogen (secondary N) is 1. The van der Waals surface area contributed by atoms with Crippen LogP contribution in [0.5, 0.6) is 17.2 Å². The molecule has 0 heterocycles. The molecule has 1 N–H and O–H groups in total. The number of rotatable bonds is 7. The van der Waals surface area contributed by atoms with Crippen LogP contribution < -0.4 is 19.5 Å². The maximum Gasteiger partial charge on any atom is 0.203 e. The Morgan fingerprint density at radius 2 is 1.60 bits per heavy atom. The van der Waals surface area contributed by atoms with Gasteiger partial charge in [-0.05, 0) is 50.3 Å². The number of hydrogen-bond donors (Lipinski definition) is 1. The van der Waals surface area contributed by atoms with E-state index in [1.807, 2.05) is 12.1 Å². The Morgan fingerprint density at radius 1 is 1.05 bits per heavy atom. The minimum absolute atomic E-state index is 0.181. The first kappa shape index (κ1) is 15.0. The molecule has 1 aromatic rings. The van der Waals surface area contributed by atoms with Crippen molar-refractivity contribution in [3.63, 3.8) is 0 Å². The summed E-state index contributed by atoms with van der Waals surface area (Å²) in [6.07, 6.45) is 2.66. The first-order valence-corrected chi connectivity index (χ1v) is 7.05. The van der Waals surface area contributed by atoms with Gasteiger partial charge in [0.15, 0.2) is 11.5 Å². The Hall–Kier alpha value is -1.42. The lowest BCUT2D eigenvalue weighted by atomic mass is 9.98. The summed E-state index contributed by atoms with van der Waals surface area (Å²) in [5, 5.41) is 3.63. The minimum atomic E-state index is 0.181. The highest BCUT2D eigenvalue weighted by Gasteiger charge is 2.37. The van der Waals surface area contributed by atoms with E-state index in [9.17, 15) is 0 Å². The van der Waals surface area contributed by atoms with E-state index in [2.05, 4.69) is 19.2 Å². The third kappa shape index (κ3) is 3.18. The Balaban J connectivity index is 2.15. The lowest BCUT2D eigenvalue weighted by Crippen LogP contribution is -2.40. The Morgan fingerprint density at radius 3 is 2.00 bits per heavy atom. The van der Waals surface area contributed by atoms with Gasteiger partial charge in [0.25, 0.3) is 0 Å². The molecule has 0 spiro atoms. The molecule has 112 valence electrons. The Kier molecular flexibility index (Phi) is 4.43. The van der Waals surface area contributed by atoms with Crippen LogP contribution in [-0.4, -0.2) is 26.9 Å². The van der Waals surface area contributed by atoms with Gasteiger partial charge < -0.3 is 19.5 Å². The van der Waals surface area contributed by atoms with Crippen molar-refractivity contribution < 1.29 is 14.2 Å². The average Bonchev–Trinajstić information content (AvgIpc) is 3.28. The summed E-state index contributed by atoms with van der Waals surface area (Å²) >= 11 is 0. The summed E-state index contributed by atoms with van der Waals surface area (Å²) in [5.41, 5.74) is 1.31. The van der Waals surface area contributed by atoms with Crippen molar-refractivity contribution in [2.75, 3.05) is 21.3 Å². The van der Waals surface area contributed by atoms with Crippen LogP contribution in [0.3, 0.4) is 0 Å². The van der Waals surface area contributed by atoms with Crippen LogP contribution >= 0.6 is 0 Å². The van der Waals surface area contributed by atoms with Gasteiger partial charge in [0.1, 0.15) is 0 Å². The molecule has 0 atom stereocenters. The van der Waals surface area contributed by atoms with Crippen molar-refractivity contribution in [1.82, 2.24) is 5.32 Å². The van der Waals surface area contributed by atoms with E-state index in [1.165, 1.54) is 12.8 Å². The van der Waals surface area contributed by atoms with Gasteiger partial charge in [-0.3, -0.25) is 0 Å². The van der Waals surface area contributed by atoms with Crippen LogP contribution in [0, 0.1) is 5.92 Å². The predicted octanol–water partition coefficient (Wildman–Crippen LogP) is 2.99. The Bertz CT molecular complexity index is 442. The Labute approximate surface area is 121 Å². The van der Waals surface area contributed by atoms with Gasteiger partial charge in [-0.2, -0.15) is 0 Å². The monoisotopic (exact) mass is 279 g/mol. The number of methoxy groups -OCH3 is 3. The maximum atomic E-state index is 5.38. The zero-order valence-electron chi connectivity index (χ0n) is 13.1. The standard InChI is InChI=1S/C16H25NO3/c1-16(2,12-6-7-12)17-10-11-8-13(18-3)15(20-5)14(9-11)19-4/h8-9,12,17H,6-7,10H2,1-5H3. The summed E-state index contributed by atoms with van der Waals surface area (Å²) in [6.45, 7) is 5.32. The smallest absolute Gasteiger partial charge is 0.203 e. The van der Waals surface area contributed by atoms with Crippen molar-refractivity contribution in [3.05, 3.63) is 17.7 Å². The van der Waals surface area contributed by atoms with E-state index in [-0.39, 0.29) is 5.54 Å². The van der Waals surface area contributed by atoms with Gasteiger partial charge in [0.2, 0.25) is 5.75 Å². The molecule has 0 aliphatic heterocycles.